The molecule has 1 heterocycles. The minimum absolute atomic E-state index is 0.0269. The summed E-state index contributed by atoms with van der Waals surface area (Å²) in [5, 5.41) is 3.94. The molecule has 0 radical (unpaired) electrons. The van der Waals surface area contributed by atoms with Gasteiger partial charge < -0.3 is 15.1 Å². The van der Waals surface area contributed by atoms with Crippen molar-refractivity contribution >= 4 is 32.9 Å². The molecular weight excluding hydrogens is 378 g/mol. The zero-order valence-corrected chi connectivity index (χ0v) is 18.4. The van der Waals surface area contributed by atoms with Crippen molar-refractivity contribution in [3.05, 3.63) is 29.8 Å². The summed E-state index contributed by atoms with van der Waals surface area (Å²) in [6.07, 6.45) is 5.08. The van der Waals surface area contributed by atoms with Crippen molar-refractivity contribution in [3.8, 4) is 0 Å². The van der Waals surface area contributed by atoms with Crippen molar-refractivity contribution in [2.45, 2.75) is 45.1 Å². The highest BCUT2D eigenvalue weighted by molar-refractivity contribution is 7.91. The van der Waals surface area contributed by atoms with E-state index in [1.165, 1.54) is 18.4 Å². The summed E-state index contributed by atoms with van der Waals surface area (Å²) in [4.78, 5) is 4.21. The molecule has 1 aliphatic heterocycles. The molecule has 5 nitrogen and oxygen atoms in total. The Kier molecular flexibility index (Phi) is 8.51. The highest BCUT2D eigenvalue weighted by Crippen LogP contribution is 2.20. The Morgan fingerprint density at radius 1 is 1.19 bits per heavy atom. The van der Waals surface area contributed by atoms with E-state index in [2.05, 4.69) is 46.3 Å². The monoisotopic (exact) mass is 411 g/mol. The number of thiocarbonyl (C=S) groups is 1. The third-order valence-electron chi connectivity index (χ3n) is 4.94. The Morgan fingerprint density at radius 3 is 2.44 bits per heavy atom. The van der Waals surface area contributed by atoms with Crippen molar-refractivity contribution in [3.63, 3.8) is 0 Å². The van der Waals surface area contributed by atoms with Crippen molar-refractivity contribution in [2.75, 3.05) is 44.0 Å². The van der Waals surface area contributed by atoms with Crippen molar-refractivity contribution in [1.29, 1.82) is 0 Å². The van der Waals surface area contributed by atoms with Gasteiger partial charge in [0.15, 0.2) is 14.9 Å². The van der Waals surface area contributed by atoms with Crippen LogP contribution in [0.25, 0.3) is 0 Å². The third-order valence-corrected chi connectivity index (χ3v) is 7.03. The Hall–Kier alpha value is -1.18. The van der Waals surface area contributed by atoms with Crippen LogP contribution in [0.3, 0.4) is 0 Å². The summed E-state index contributed by atoms with van der Waals surface area (Å²) in [5.41, 5.74) is 2.29. The molecule has 0 bridgehead atoms. The molecule has 7 heteroatoms. The van der Waals surface area contributed by atoms with E-state index in [0.717, 1.165) is 31.6 Å². The molecule has 0 aliphatic carbocycles. The number of aryl methyl sites for hydroxylation is 1. The molecule has 27 heavy (non-hydrogen) atoms. The fourth-order valence-electron chi connectivity index (χ4n) is 3.36. The first kappa shape index (κ1) is 22.1. The van der Waals surface area contributed by atoms with Gasteiger partial charge in [0.2, 0.25) is 0 Å². The zero-order chi connectivity index (χ0) is 19.9. The molecule has 0 spiro atoms. The standard InChI is InChI=1S/C20H33N3O2S2/c1-4-5-7-17-8-10-18(11-9-17)21-20(26)23(14-6-13-22(2)3)19-12-15-27(24,25)16-19/h8-11,19H,4-7,12-16H2,1-3H3,(H,21,26)/t19-/m0/s1. The molecule has 1 aliphatic rings. The van der Waals surface area contributed by atoms with Crippen molar-refractivity contribution in [2.24, 2.45) is 0 Å². The molecule has 1 fully saturated rings. The van der Waals surface area contributed by atoms with E-state index < -0.39 is 9.84 Å². The SMILES string of the molecule is CCCCc1ccc(NC(=S)N(CCCN(C)C)[C@H]2CCS(=O)(=O)C2)cc1. The second kappa shape index (κ2) is 10.4. The molecule has 0 aromatic heterocycles. The molecule has 1 saturated heterocycles. The van der Waals surface area contributed by atoms with Crippen molar-refractivity contribution < 1.29 is 8.42 Å². The smallest absolute Gasteiger partial charge is 0.173 e. The average Bonchev–Trinajstić information content (AvgIpc) is 2.97. The number of sulfone groups is 1. The van der Waals surface area contributed by atoms with Crippen LogP contribution >= 0.6 is 12.2 Å². The summed E-state index contributed by atoms with van der Waals surface area (Å²) in [6, 6.07) is 8.36. The van der Waals surface area contributed by atoms with E-state index >= 15 is 0 Å². The first-order chi connectivity index (χ1) is 12.8. The lowest BCUT2D eigenvalue weighted by Crippen LogP contribution is -2.44. The van der Waals surface area contributed by atoms with Gasteiger partial charge in [0.1, 0.15) is 0 Å². The maximum Gasteiger partial charge on any atom is 0.173 e. The van der Waals surface area contributed by atoms with Gasteiger partial charge in [-0.2, -0.15) is 0 Å². The van der Waals surface area contributed by atoms with E-state index in [1.807, 2.05) is 14.1 Å². The minimum atomic E-state index is -2.94. The van der Waals surface area contributed by atoms with Crippen LogP contribution in [0.15, 0.2) is 24.3 Å². The predicted octanol–water partition coefficient (Wildman–Crippen LogP) is 3.17. The van der Waals surface area contributed by atoms with Crippen LogP contribution in [0.1, 0.15) is 38.2 Å². The van der Waals surface area contributed by atoms with Gasteiger partial charge in [-0.15, -0.1) is 0 Å². The summed E-state index contributed by atoms with van der Waals surface area (Å²) in [7, 11) is 1.14. The fourth-order valence-corrected chi connectivity index (χ4v) is 5.45. The molecule has 1 N–H and O–H groups in total. The Morgan fingerprint density at radius 2 is 1.89 bits per heavy atom. The van der Waals surface area contributed by atoms with Crippen molar-refractivity contribution in [1.82, 2.24) is 9.80 Å². The van der Waals surface area contributed by atoms with Gasteiger partial charge >= 0.3 is 0 Å². The number of hydrogen-bond donors (Lipinski definition) is 1. The molecule has 2 rings (SSSR count). The Labute approximate surface area is 170 Å². The largest absolute Gasteiger partial charge is 0.345 e. The number of rotatable bonds is 9. The third kappa shape index (κ3) is 7.39. The molecule has 1 aromatic rings. The first-order valence-corrected chi connectivity index (χ1v) is 12.1. The fraction of sp³-hybridized carbons (Fsp3) is 0.650. The van der Waals surface area contributed by atoms with E-state index in [9.17, 15) is 8.42 Å². The van der Waals surface area contributed by atoms with Gasteiger partial charge in [-0.3, -0.25) is 0 Å². The predicted molar refractivity (Wildman–Crippen MR) is 118 cm³/mol. The highest BCUT2D eigenvalue weighted by Gasteiger charge is 2.33. The maximum absolute atomic E-state index is 11.9. The lowest BCUT2D eigenvalue weighted by Gasteiger charge is -2.31. The van der Waals surface area contributed by atoms with Gasteiger partial charge in [0.05, 0.1) is 11.5 Å². The van der Waals surface area contributed by atoms with Gasteiger partial charge in [-0.1, -0.05) is 25.5 Å². The summed E-state index contributed by atoms with van der Waals surface area (Å²) < 4.78 is 23.9. The van der Waals surface area contributed by atoms with Crippen LogP contribution in [-0.2, 0) is 16.3 Å². The lowest BCUT2D eigenvalue weighted by atomic mass is 10.1. The molecule has 1 atom stereocenters. The van der Waals surface area contributed by atoms with Gasteiger partial charge in [-0.05, 0) is 76.2 Å². The number of nitrogens with one attached hydrogen (secondary N) is 1. The van der Waals surface area contributed by atoms with Gasteiger partial charge in [0.25, 0.3) is 0 Å². The van der Waals surface area contributed by atoms with E-state index in [1.54, 1.807) is 0 Å². The molecule has 1 aromatic carbocycles. The summed E-state index contributed by atoms with van der Waals surface area (Å²) in [6.45, 7) is 3.91. The Bertz CT molecular complexity index is 702. The second-order valence-electron chi connectivity index (χ2n) is 7.64. The van der Waals surface area contributed by atoms with Crippen LogP contribution in [0, 0.1) is 0 Å². The van der Waals surface area contributed by atoms with E-state index in [-0.39, 0.29) is 17.5 Å². The van der Waals surface area contributed by atoms with E-state index in [0.29, 0.717) is 11.5 Å². The van der Waals surface area contributed by atoms with Crippen LogP contribution in [-0.4, -0.2) is 68.1 Å². The maximum atomic E-state index is 11.9. The number of hydrogen-bond acceptors (Lipinski definition) is 4. The van der Waals surface area contributed by atoms with Crippen LogP contribution in [0.4, 0.5) is 5.69 Å². The molecule has 0 unspecified atom stereocenters. The highest BCUT2D eigenvalue weighted by atomic mass is 32.2. The van der Waals surface area contributed by atoms with Gasteiger partial charge in [0, 0.05) is 18.3 Å². The quantitative estimate of drug-likeness (QED) is 0.630. The lowest BCUT2D eigenvalue weighted by molar-refractivity contribution is 0.306. The van der Waals surface area contributed by atoms with Crippen LogP contribution in [0.2, 0.25) is 0 Å². The number of nitrogens with zero attached hydrogens (tertiary/aromatic N) is 2. The average molecular weight is 412 g/mol. The zero-order valence-electron chi connectivity index (χ0n) is 16.8. The molecule has 152 valence electrons. The molecule has 0 amide bonds. The first-order valence-electron chi connectivity index (χ1n) is 9.82. The Balaban J connectivity index is 2.01. The molecular formula is C20H33N3O2S2. The number of benzene rings is 1. The summed E-state index contributed by atoms with van der Waals surface area (Å²) in [5.74, 6) is 0.462. The van der Waals surface area contributed by atoms with Crippen LogP contribution < -0.4 is 5.32 Å². The van der Waals surface area contributed by atoms with Gasteiger partial charge in [-0.25, -0.2) is 8.42 Å². The minimum Gasteiger partial charge on any atom is -0.345 e. The topological polar surface area (TPSA) is 52.6 Å². The summed E-state index contributed by atoms with van der Waals surface area (Å²) >= 11 is 5.66. The van der Waals surface area contributed by atoms with Crippen LogP contribution in [0.5, 0.6) is 0 Å². The van der Waals surface area contributed by atoms with E-state index in [4.69, 9.17) is 12.2 Å². The molecule has 0 saturated carbocycles. The normalized spacial score (nSPS) is 18.6. The number of unbranched alkanes of at least 4 members (excludes halogenated alkanes) is 1. The number of anilines is 1. The second-order valence-corrected chi connectivity index (χ2v) is 10.3.